The van der Waals surface area contributed by atoms with Gasteiger partial charge >= 0.3 is 0 Å². The van der Waals surface area contributed by atoms with Crippen LogP contribution in [0.1, 0.15) is 6.92 Å². The fourth-order valence-corrected chi connectivity index (χ4v) is 1.62. The summed E-state index contributed by atoms with van der Waals surface area (Å²) in [5.41, 5.74) is 8.26. The van der Waals surface area contributed by atoms with Gasteiger partial charge in [0.05, 0.1) is 13.2 Å². The van der Waals surface area contributed by atoms with Crippen LogP contribution < -0.4 is 20.6 Å². The fourth-order valence-electron chi connectivity index (χ4n) is 1.62. The normalized spacial score (nSPS) is 13.7. The summed E-state index contributed by atoms with van der Waals surface area (Å²) in [7, 11) is 0. The van der Waals surface area contributed by atoms with Crippen LogP contribution in [-0.4, -0.2) is 30.7 Å². The van der Waals surface area contributed by atoms with Gasteiger partial charge in [0.2, 0.25) is 0 Å². The molecular weight excluding hydrogens is 246 g/mol. The lowest BCUT2D eigenvalue weighted by Crippen LogP contribution is -2.41. The number of rotatable bonds is 5. The Hall–Kier alpha value is -2.37. The van der Waals surface area contributed by atoms with Crippen molar-refractivity contribution in [3.8, 4) is 11.5 Å². The average Bonchev–Trinajstić information content (AvgIpc) is 2.85. The summed E-state index contributed by atoms with van der Waals surface area (Å²) in [6, 6.07) is 7.14. The van der Waals surface area contributed by atoms with E-state index in [1.165, 1.54) is 5.01 Å². The first-order chi connectivity index (χ1) is 9.19. The van der Waals surface area contributed by atoms with Crippen LogP contribution in [0.5, 0.6) is 11.5 Å². The molecule has 1 aliphatic rings. The smallest absolute Gasteiger partial charge is 0.279 e. The maximum absolute atomic E-state index is 11.8. The summed E-state index contributed by atoms with van der Waals surface area (Å²) in [6.07, 6.45) is 1.73. The van der Waals surface area contributed by atoms with Crippen LogP contribution in [-0.2, 0) is 4.79 Å². The number of nitrogens with two attached hydrogens (primary N) is 1. The number of amides is 1. The van der Waals surface area contributed by atoms with Gasteiger partial charge < -0.3 is 15.2 Å². The van der Waals surface area contributed by atoms with Crippen LogP contribution in [0, 0.1) is 0 Å². The molecule has 1 aromatic rings. The molecular formula is C13H17N3O3. The molecule has 0 unspecified atom stereocenters. The Labute approximate surface area is 111 Å². The Morgan fingerprint density at radius 2 is 1.95 bits per heavy atom. The summed E-state index contributed by atoms with van der Waals surface area (Å²) in [5, 5.41) is 1.41. The topological polar surface area (TPSA) is 76.8 Å². The fraction of sp³-hybridized carbons (Fsp3) is 0.308. The molecule has 0 radical (unpaired) electrons. The quantitative estimate of drug-likeness (QED) is 0.814. The minimum atomic E-state index is -0.175. The van der Waals surface area contributed by atoms with Crippen LogP contribution >= 0.6 is 0 Å². The second-order valence-corrected chi connectivity index (χ2v) is 3.97. The van der Waals surface area contributed by atoms with Crippen molar-refractivity contribution in [2.45, 2.75) is 6.92 Å². The lowest BCUT2D eigenvalue weighted by atomic mass is 10.3. The van der Waals surface area contributed by atoms with Crippen molar-refractivity contribution in [1.82, 2.24) is 10.4 Å². The number of nitrogens with zero attached hydrogens (tertiary/aromatic N) is 1. The lowest BCUT2D eigenvalue weighted by Gasteiger charge is -2.17. The van der Waals surface area contributed by atoms with E-state index in [2.05, 4.69) is 5.43 Å². The van der Waals surface area contributed by atoms with Crippen LogP contribution in [0.2, 0.25) is 0 Å². The highest BCUT2D eigenvalue weighted by molar-refractivity contribution is 5.78. The first-order valence-corrected chi connectivity index (χ1v) is 6.07. The Morgan fingerprint density at radius 1 is 1.32 bits per heavy atom. The summed E-state index contributed by atoms with van der Waals surface area (Å²) < 4.78 is 10.7. The molecule has 0 atom stereocenters. The predicted octanol–water partition coefficient (Wildman–Crippen LogP) is 0.611. The Morgan fingerprint density at radius 3 is 2.47 bits per heavy atom. The van der Waals surface area contributed by atoms with E-state index in [4.69, 9.17) is 15.2 Å². The molecule has 102 valence electrons. The molecule has 19 heavy (non-hydrogen) atoms. The Balaban J connectivity index is 1.80. The van der Waals surface area contributed by atoms with E-state index in [-0.39, 0.29) is 12.5 Å². The highest BCUT2D eigenvalue weighted by Gasteiger charge is 2.17. The number of hydrogen-bond acceptors (Lipinski definition) is 5. The molecule has 6 nitrogen and oxygen atoms in total. The zero-order valence-corrected chi connectivity index (χ0v) is 10.8. The molecule has 6 heteroatoms. The summed E-state index contributed by atoms with van der Waals surface area (Å²) in [6.45, 7) is 2.96. The first-order valence-electron chi connectivity index (χ1n) is 6.07. The average molecular weight is 263 g/mol. The van der Waals surface area contributed by atoms with Gasteiger partial charge in [0, 0.05) is 0 Å². The van der Waals surface area contributed by atoms with Crippen molar-refractivity contribution >= 4 is 5.91 Å². The van der Waals surface area contributed by atoms with Gasteiger partial charge in [-0.25, -0.2) is 5.01 Å². The van der Waals surface area contributed by atoms with Gasteiger partial charge in [0.15, 0.2) is 6.61 Å². The Bertz CT molecular complexity index is 471. The first kappa shape index (κ1) is 13.1. The van der Waals surface area contributed by atoms with Crippen LogP contribution in [0.4, 0.5) is 0 Å². The highest BCUT2D eigenvalue weighted by Crippen LogP contribution is 2.17. The van der Waals surface area contributed by atoms with E-state index in [1.54, 1.807) is 30.3 Å². The largest absolute Gasteiger partial charge is 0.494 e. The number of nitrogens with one attached hydrogen (secondary N) is 1. The maximum atomic E-state index is 11.8. The van der Waals surface area contributed by atoms with Crippen molar-refractivity contribution < 1.29 is 14.3 Å². The molecule has 0 spiro atoms. The molecule has 1 amide bonds. The van der Waals surface area contributed by atoms with Gasteiger partial charge in [-0.3, -0.25) is 10.2 Å². The number of hydrogen-bond donors (Lipinski definition) is 2. The molecule has 1 aliphatic heterocycles. The molecule has 1 aromatic carbocycles. The lowest BCUT2D eigenvalue weighted by molar-refractivity contribution is -0.134. The molecule has 3 N–H and O–H groups in total. The third-order valence-corrected chi connectivity index (χ3v) is 2.56. The van der Waals surface area contributed by atoms with Crippen molar-refractivity contribution in [3.63, 3.8) is 0 Å². The van der Waals surface area contributed by atoms with E-state index in [0.717, 1.165) is 5.75 Å². The minimum absolute atomic E-state index is 0.0396. The summed E-state index contributed by atoms with van der Waals surface area (Å²) >= 11 is 0. The number of hydrazine groups is 1. The van der Waals surface area contributed by atoms with Crippen molar-refractivity contribution in [1.29, 1.82) is 0 Å². The molecule has 0 aliphatic carbocycles. The minimum Gasteiger partial charge on any atom is -0.494 e. The zero-order chi connectivity index (χ0) is 13.7. The van der Waals surface area contributed by atoms with Crippen molar-refractivity contribution in [3.05, 3.63) is 36.2 Å². The van der Waals surface area contributed by atoms with Crippen LogP contribution in [0.25, 0.3) is 0 Å². The van der Waals surface area contributed by atoms with Gasteiger partial charge in [-0.05, 0) is 37.3 Å². The van der Waals surface area contributed by atoms with E-state index in [1.807, 2.05) is 6.92 Å². The van der Waals surface area contributed by atoms with Gasteiger partial charge in [-0.2, -0.15) is 0 Å². The molecule has 0 bridgehead atoms. The third-order valence-electron chi connectivity index (χ3n) is 2.56. The monoisotopic (exact) mass is 263 g/mol. The Kier molecular flexibility index (Phi) is 4.12. The van der Waals surface area contributed by atoms with Crippen molar-refractivity contribution in [2.75, 3.05) is 19.8 Å². The van der Waals surface area contributed by atoms with Crippen molar-refractivity contribution in [2.24, 2.45) is 5.73 Å². The molecule has 0 aromatic heterocycles. The standard InChI is InChI=1S/C13H17N3O3/c1-2-18-10-3-5-11(6-4-10)19-9-13(17)16-8-7-12(14)15-16/h3-7,15H,2,8-9,14H2,1H3. The number of carbonyl (C=O) groups is 1. The van der Waals surface area contributed by atoms with Gasteiger partial charge in [0.25, 0.3) is 5.91 Å². The van der Waals surface area contributed by atoms with Gasteiger partial charge in [-0.15, -0.1) is 0 Å². The second-order valence-electron chi connectivity index (χ2n) is 3.97. The van der Waals surface area contributed by atoms with Crippen LogP contribution in [0.15, 0.2) is 36.2 Å². The molecule has 0 saturated heterocycles. The van der Waals surface area contributed by atoms with E-state index in [9.17, 15) is 4.79 Å². The van der Waals surface area contributed by atoms with E-state index >= 15 is 0 Å². The summed E-state index contributed by atoms with van der Waals surface area (Å²) in [4.78, 5) is 11.8. The van der Waals surface area contributed by atoms with Crippen LogP contribution in [0.3, 0.4) is 0 Å². The summed E-state index contributed by atoms with van der Waals surface area (Å²) in [5.74, 6) is 1.70. The number of benzene rings is 1. The third kappa shape index (κ3) is 3.54. The number of ether oxygens (including phenoxy) is 2. The molecule has 0 saturated carbocycles. The molecule has 1 heterocycles. The zero-order valence-electron chi connectivity index (χ0n) is 10.8. The predicted molar refractivity (Wildman–Crippen MR) is 70.2 cm³/mol. The van der Waals surface area contributed by atoms with Gasteiger partial charge in [-0.1, -0.05) is 0 Å². The second kappa shape index (κ2) is 5.99. The van der Waals surface area contributed by atoms with Gasteiger partial charge in [0.1, 0.15) is 17.3 Å². The van der Waals surface area contributed by atoms with E-state index in [0.29, 0.717) is 24.7 Å². The maximum Gasteiger partial charge on any atom is 0.279 e. The van der Waals surface area contributed by atoms with E-state index < -0.39 is 0 Å². The molecule has 2 rings (SSSR count). The molecule has 0 fully saturated rings. The number of carbonyl (C=O) groups excluding carboxylic acids is 1. The SMILES string of the molecule is CCOc1ccc(OCC(=O)N2CC=C(N)N2)cc1. The highest BCUT2D eigenvalue weighted by atomic mass is 16.5.